The number of anilines is 4. The maximum Gasteiger partial charge on any atom is 0.0488 e. The maximum atomic E-state index is 2.44. The summed E-state index contributed by atoms with van der Waals surface area (Å²) in [5.74, 6) is 0. The van der Waals surface area contributed by atoms with Crippen molar-refractivity contribution in [3.05, 3.63) is 193 Å². The van der Waals surface area contributed by atoms with Gasteiger partial charge in [-0.05, 0) is 104 Å². The van der Waals surface area contributed by atoms with Crippen LogP contribution in [0.5, 0.6) is 0 Å². The number of benzene rings is 8. The van der Waals surface area contributed by atoms with E-state index in [9.17, 15) is 0 Å². The van der Waals surface area contributed by atoms with E-state index in [1.54, 1.807) is 0 Å². The fraction of sp³-hybridized carbons (Fsp3) is 0.0455. The zero-order chi connectivity index (χ0) is 30.7. The molecule has 0 aliphatic heterocycles. The lowest BCUT2D eigenvalue weighted by atomic mass is 9.90. The van der Waals surface area contributed by atoms with Crippen molar-refractivity contribution in [1.29, 1.82) is 0 Å². The zero-order valence-corrected chi connectivity index (χ0v) is 25.6. The Labute approximate surface area is 270 Å². The Balaban J connectivity index is 1.32. The molecule has 0 bridgehead atoms. The van der Waals surface area contributed by atoms with Crippen molar-refractivity contribution in [2.24, 2.45) is 0 Å². The van der Waals surface area contributed by atoms with Crippen molar-refractivity contribution < 1.29 is 0 Å². The molecule has 0 fully saturated rings. The summed E-state index contributed by atoms with van der Waals surface area (Å²) in [5, 5.41) is 7.73. The second kappa shape index (κ2) is 12.3. The van der Waals surface area contributed by atoms with Gasteiger partial charge in [0.15, 0.2) is 0 Å². The second-order valence-electron chi connectivity index (χ2n) is 11.8. The van der Waals surface area contributed by atoms with Gasteiger partial charge >= 0.3 is 0 Å². The molecule has 0 radical (unpaired) electrons. The number of hydrogen-bond acceptors (Lipinski definition) is 2. The molecule has 8 aromatic rings. The molecule has 0 heterocycles. The minimum Gasteiger partial charge on any atom is -0.337 e. The van der Waals surface area contributed by atoms with Crippen LogP contribution in [0, 0.1) is 0 Å². The van der Waals surface area contributed by atoms with Crippen LogP contribution in [0.3, 0.4) is 0 Å². The molecule has 0 saturated heterocycles. The molecule has 0 atom stereocenters. The predicted molar refractivity (Wildman–Crippen MR) is 196 cm³/mol. The fourth-order valence-corrected chi connectivity index (χ4v) is 6.80. The normalized spacial score (nSPS) is 11.2. The molecule has 0 saturated carbocycles. The number of hydrogen-bond donors (Lipinski definition) is 0. The highest BCUT2D eigenvalue weighted by atomic mass is 15.1. The summed E-state index contributed by atoms with van der Waals surface area (Å²) < 4.78 is 0. The summed E-state index contributed by atoms with van der Waals surface area (Å²) in [6.45, 7) is 1.52. The minimum absolute atomic E-state index is 0.760. The Morgan fingerprint density at radius 2 is 0.522 bits per heavy atom. The first kappa shape index (κ1) is 27.7. The Kier molecular flexibility index (Phi) is 7.38. The molecule has 0 aliphatic carbocycles. The maximum absolute atomic E-state index is 2.44. The van der Waals surface area contributed by atoms with Gasteiger partial charge in [0.25, 0.3) is 0 Å². The van der Waals surface area contributed by atoms with Crippen LogP contribution >= 0.6 is 0 Å². The lowest BCUT2D eigenvalue weighted by molar-refractivity contribution is 0.984. The van der Waals surface area contributed by atoms with Crippen LogP contribution in [0.4, 0.5) is 22.7 Å². The van der Waals surface area contributed by atoms with Crippen molar-refractivity contribution >= 4 is 55.1 Å². The van der Waals surface area contributed by atoms with Gasteiger partial charge < -0.3 is 9.80 Å². The van der Waals surface area contributed by atoms with E-state index >= 15 is 0 Å². The first-order valence-corrected chi connectivity index (χ1v) is 15.9. The summed E-state index contributed by atoms with van der Waals surface area (Å²) in [5.41, 5.74) is 7.34. The highest BCUT2D eigenvalue weighted by Gasteiger charge is 2.18. The zero-order valence-electron chi connectivity index (χ0n) is 25.6. The molecule has 0 unspecified atom stereocenters. The highest BCUT2D eigenvalue weighted by Crippen LogP contribution is 2.39. The third kappa shape index (κ3) is 5.25. The molecule has 2 heteroatoms. The van der Waals surface area contributed by atoms with Crippen molar-refractivity contribution in [3.8, 4) is 0 Å². The topological polar surface area (TPSA) is 6.48 Å². The smallest absolute Gasteiger partial charge is 0.0488 e. The Hall–Kier alpha value is -5.86. The van der Waals surface area contributed by atoms with Gasteiger partial charge in [-0.15, -0.1) is 0 Å². The first-order chi connectivity index (χ1) is 22.8. The first-order valence-electron chi connectivity index (χ1n) is 15.9. The monoisotopic (exact) mass is 590 g/mol. The number of para-hydroxylation sites is 4. The van der Waals surface area contributed by atoms with Crippen LogP contribution in [-0.2, 0) is 13.1 Å². The van der Waals surface area contributed by atoms with E-state index in [1.165, 1.54) is 66.2 Å². The summed E-state index contributed by atoms with van der Waals surface area (Å²) >= 11 is 0. The van der Waals surface area contributed by atoms with Crippen molar-refractivity contribution in [3.63, 3.8) is 0 Å². The number of rotatable bonds is 8. The Bertz CT molecular complexity index is 2000. The number of nitrogens with zero attached hydrogens (tertiary/aromatic N) is 2. The van der Waals surface area contributed by atoms with Crippen LogP contribution in [-0.4, -0.2) is 0 Å². The third-order valence-corrected chi connectivity index (χ3v) is 8.98. The Morgan fingerprint density at radius 3 is 0.826 bits per heavy atom. The lowest BCUT2D eigenvalue weighted by Gasteiger charge is -2.27. The standard InChI is InChI=1S/C44H34N2/c1-5-17-35(18-6-1)45(36-19-7-2-8-20-36)31-33-29-43-42-28-16-14-26-40(42)34(30-44(43)41-27-15-13-25-39(33)41)32-46(37-21-9-3-10-22-37)38-23-11-4-12-24-38/h1-30H,31-32H2. The largest absolute Gasteiger partial charge is 0.337 e. The van der Waals surface area contributed by atoms with Gasteiger partial charge in [-0.25, -0.2) is 0 Å². The summed E-state index contributed by atoms with van der Waals surface area (Å²) in [4.78, 5) is 4.84. The van der Waals surface area contributed by atoms with Crippen LogP contribution < -0.4 is 9.80 Å². The van der Waals surface area contributed by atoms with Gasteiger partial charge in [-0.2, -0.15) is 0 Å². The molecule has 8 rings (SSSR count). The van der Waals surface area contributed by atoms with Crippen molar-refractivity contribution in [2.45, 2.75) is 13.1 Å². The molecule has 0 N–H and O–H groups in total. The minimum atomic E-state index is 0.760. The summed E-state index contributed by atoms with van der Waals surface area (Å²) in [6.07, 6.45) is 0. The van der Waals surface area contributed by atoms with Gasteiger partial charge in [-0.3, -0.25) is 0 Å². The van der Waals surface area contributed by atoms with E-state index in [4.69, 9.17) is 0 Å². The molecular formula is C44H34N2. The molecular weight excluding hydrogens is 556 g/mol. The van der Waals surface area contributed by atoms with E-state index in [0.717, 1.165) is 13.1 Å². The Morgan fingerprint density at radius 1 is 0.261 bits per heavy atom. The van der Waals surface area contributed by atoms with E-state index < -0.39 is 0 Å². The summed E-state index contributed by atoms with van der Waals surface area (Å²) in [7, 11) is 0. The van der Waals surface area contributed by atoms with Gasteiger partial charge in [0.1, 0.15) is 0 Å². The molecule has 8 aromatic carbocycles. The average molecular weight is 591 g/mol. The van der Waals surface area contributed by atoms with Crippen LogP contribution in [0.15, 0.2) is 182 Å². The molecule has 220 valence electrons. The van der Waals surface area contributed by atoms with E-state index in [1.807, 2.05) is 0 Å². The molecule has 0 amide bonds. The molecule has 46 heavy (non-hydrogen) atoms. The van der Waals surface area contributed by atoms with E-state index in [0.29, 0.717) is 0 Å². The highest BCUT2D eigenvalue weighted by molar-refractivity contribution is 6.19. The van der Waals surface area contributed by atoms with E-state index in [2.05, 4.69) is 192 Å². The lowest BCUT2D eigenvalue weighted by Crippen LogP contribution is -2.17. The van der Waals surface area contributed by atoms with Gasteiger partial charge in [0.05, 0.1) is 0 Å². The quantitative estimate of drug-likeness (QED) is 0.162. The van der Waals surface area contributed by atoms with Crippen LogP contribution in [0.2, 0.25) is 0 Å². The fourth-order valence-electron chi connectivity index (χ4n) is 6.80. The molecule has 2 nitrogen and oxygen atoms in total. The van der Waals surface area contributed by atoms with Crippen LogP contribution in [0.25, 0.3) is 32.3 Å². The summed E-state index contributed by atoms with van der Waals surface area (Å²) in [6, 6.07) is 65.6. The third-order valence-electron chi connectivity index (χ3n) is 8.98. The van der Waals surface area contributed by atoms with Crippen molar-refractivity contribution in [1.82, 2.24) is 0 Å². The predicted octanol–water partition coefficient (Wildman–Crippen LogP) is 11.8. The molecule has 0 spiro atoms. The van der Waals surface area contributed by atoms with Gasteiger partial charge in [0.2, 0.25) is 0 Å². The molecule has 0 aliphatic rings. The average Bonchev–Trinajstić information content (AvgIpc) is 3.14. The van der Waals surface area contributed by atoms with Crippen LogP contribution in [0.1, 0.15) is 11.1 Å². The van der Waals surface area contributed by atoms with E-state index in [-0.39, 0.29) is 0 Å². The SMILES string of the molecule is c1ccc(N(Cc2cc3c4ccccc4c(CN(c4ccccc4)c4ccccc4)cc3c3ccccc23)c2ccccc2)cc1. The molecule has 0 aromatic heterocycles. The number of fused-ring (bicyclic) bond motifs is 5. The van der Waals surface area contributed by atoms with Gasteiger partial charge in [-0.1, -0.05) is 121 Å². The second-order valence-corrected chi connectivity index (χ2v) is 11.8. The van der Waals surface area contributed by atoms with Crippen molar-refractivity contribution in [2.75, 3.05) is 9.80 Å². The van der Waals surface area contributed by atoms with Gasteiger partial charge in [0, 0.05) is 35.8 Å².